The van der Waals surface area contributed by atoms with E-state index in [0.717, 1.165) is 0 Å². The van der Waals surface area contributed by atoms with Crippen LogP contribution in [0.1, 0.15) is 6.42 Å². The third-order valence-electron chi connectivity index (χ3n) is 2.80. The van der Waals surface area contributed by atoms with E-state index < -0.39 is 46.6 Å². The maximum absolute atomic E-state index is 10.7. The zero-order valence-electron chi connectivity index (χ0n) is 12.3. The van der Waals surface area contributed by atoms with E-state index in [1.807, 2.05) is 0 Å². The topological polar surface area (TPSA) is 172 Å². The standard InChI is InChI=1S/C10H18O11S.Na/c11-5-20-19-3-1-2-18-10-9(14)8(13)7(12)6(21-10)4-22(15,16)17;/h5-10,12-14H,1-4H2,(H,15,16,17);/q;+1/p-1/t6-,7-,8+,9-,10+;/m1./s1. The molecule has 0 aromatic carbocycles. The van der Waals surface area contributed by atoms with Crippen LogP contribution in [0.4, 0.5) is 0 Å². The van der Waals surface area contributed by atoms with E-state index in [0.29, 0.717) is 0 Å². The van der Waals surface area contributed by atoms with Gasteiger partial charge >= 0.3 is 36.0 Å². The fourth-order valence-corrected chi connectivity index (χ4v) is 2.46. The summed E-state index contributed by atoms with van der Waals surface area (Å²) < 4.78 is 42.2. The van der Waals surface area contributed by atoms with Crippen molar-refractivity contribution < 1.29 is 81.9 Å². The minimum atomic E-state index is -4.71. The second kappa shape index (κ2) is 10.9. The maximum Gasteiger partial charge on any atom is 1.00 e. The van der Waals surface area contributed by atoms with Crippen molar-refractivity contribution in [2.75, 3.05) is 19.0 Å². The van der Waals surface area contributed by atoms with Crippen molar-refractivity contribution in [2.45, 2.75) is 37.1 Å². The first-order valence-corrected chi connectivity index (χ1v) is 7.80. The van der Waals surface area contributed by atoms with Gasteiger partial charge < -0.3 is 34.2 Å². The van der Waals surface area contributed by atoms with Crippen molar-refractivity contribution in [2.24, 2.45) is 0 Å². The summed E-state index contributed by atoms with van der Waals surface area (Å²) in [5.74, 6) is -1.08. The van der Waals surface area contributed by atoms with E-state index in [9.17, 15) is 33.1 Å². The predicted octanol–water partition coefficient (Wildman–Crippen LogP) is -6.15. The van der Waals surface area contributed by atoms with Crippen molar-refractivity contribution in [1.29, 1.82) is 0 Å². The Labute approximate surface area is 154 Å². The number of aliphatic hydroxyl groups is 3. The zero-order valence-corrected chi connectivity index (χ0v) is 15.1. The fourth-order valence-electron chi connectivity index (χ4n) is 1.79. The van der Waals surface area contributed by atoms with Gasteiger partial charge in [0.15, 0.2) is 6.29 Å². The third-order valence-corrected chi connectivity index (χ3v) is 3.54. The van der Waals surface area contributed by atoms with Gasteiger partial charge in [-0.2, -0.15) is 4.89 Å². The quantitative estimate of drug-likeness (QED) is 0.0883. The molecule has 0 aromatic heterocycles. The fraction of sp³-hybridized carbons (Fsp3) is 0.900. The molecule has 0 bridgehead atoms. The van der Waals surface area contributed by atoms with Crippen LogP contribution in [0.2, 0.25) is 0 Å². The van der Waals surface area contributed by atoms with E-state index >= 15 is 0 Å². The van der Waals surface area contributed by atoms with Crippen LogP contribution in [0, 0.1) is 0 Å². The number of ether oxygens (including phenoxy) is 2. The molecule has 23 heavy (non-hydrogen) atoms. The monoisotopic (exact) mass is 368 g/mol. The second-order valence-electron chi connectivity index (χ2n) is 4.48. The first-order chi connectivity index (χ1) is 10.3. The van der Waals surface area contributed by atoms with Gasteiger partial charge in [-0.1, -0.05) is 0 Å². The van der Waals surface area contributed by atoms with E-state index in [4.69, 9.17) is 9.47 Å². The molecule has 1 aliphatic rings. The van der Waals surface area contributed by atoms with Gasteiger partial charge in [0.05, 0.1) is 29.1 Å². The Morgan fingerprint density at radius 1 is 1.13 bits per heavy atom. The molecule has 5 atom stereocenters. The Morgan fingerprint density at radius 3 is 2.35 bits per heavy atom. The van der Waals surface area contributed by atoms with Crippen molar-refractivity contribution in [3.8, 4) is 0 Å². The Bertz CT molecular complexity index is 444. The summed E-state index contributed by atoms with van der Waals surface area (Å²) in [4.78, 5) is 18.1. The Morgan fingerprint density at radius 2 is 1.78 bits per heavy atom. The molecule has 0 amide bonds. The average Bonchev–Trinajstić information content (AvgIpc) is 2.43. The van der Waals surface area contributed by atoms with Crippen LogP contribution < -0.4 is 29.6 Å². The van der Waals surface area contributed by atoms with Crippen molar-refractivity contribution in [3.05, 3.63) is 0 Å². The predicted molar refractivity (Wildman–Crippen MR) is 64.9 cm³/mol. The molecule has 0 aliphatic carbocycles. The van der Waals surface area contributed by atoms with Gasteiger partial charge in [-0.25, -0.2) is 8.42 Å². The molecule has 0 radical (unpaired) electrons. The average molecular weight is 368 g/mol. The summed E-state index contributed by atoms with van der Waals surface area (Å²) in [5, 5.41) is 28.9. The molecule has 0 aromatic rings. The smallest absolute Gasteiger partial charge is 0.748 e. The second-order valence-corrected chi connectivity index (χ2v) is 5.93. The largest absolute Gasteiger partial charge is 1.00 e. The molecule has 1 saturated heterocycles. The summed E-state index contributed by atoms with van der Waals surface area (Å²) in [6, 6.07) is 0. The molecule has 130 valence electrons. The first kappa shape index (κ1) is 23.1. The Hall–Kier alpha value is 0.140. The van der Waals surface area contributed by atoms with Crippen molar-refractivity contribution >= 4 is 16.6 Å². The van der Waals surface area contributed by atoms with Gasteiger partial charge in [0.2, 0.25) is 0 Å². The van der Waals surface area contributed by atoms with Crippen LogP contribution >= 0.6 is 0 Å². The molecule has 3 N–H and O–H groups in total. The van der Waals surface area contributed by atoms with Gasteiger partial charge in [0.1, 0.15) is 24.4 Å². The van der Waals surface area contributed by atoms with Gasteiger partial charge in [-0.3, -0.25) is 4.79 Å². The van der Waals surface area contributed by atoms with Crippen LogP contribution in [0.25, 0.3) is 0 Å². The summed E-state index contributed by atoms with van der Waals surface area (Å²) in [7, 11) is -4.71. The molecule has 0 saturated carbocycles. The maximum atomic E-state index is 10.7. The molecule has 11 nitrogen and oxygen atoms in total. The van der Waals surface area contributed by atoms with Crippen LogP contribution in [-0.4, -0.2) is 84.4 Å². The summed E-state index contributed by atoms with van der Waals surface area (Å²) in [6.07, 6.45) is -7.85. The van der Waals surface area contributed by atoms with Gasteiger partial charge in [0, 0.05) is 0 Å². The molecular weight excluding hydrogens is 351 g/mol. The zero-order chi connectivity index (χ0) is 16.8. The number of carbonyl (C=O) groups excluding carboxylic acids is 1. The van der Waals surface area contributed by atoms with E-state index in [1.165, 1.54) is 0 Å². The summed E-state index contributed by atoms with van der Waals surface area (Å²) in [5.41, 5.74) is 0. The molecule has 1 heterocycles. The van der Waals surface area contributed by atoms with E-state index in [2.05, 4.69) is 9.78 Å². The molecule has 0 spiro atoms. The molecule has 1 aliphatic heterocycles. The van der Waals surface area contributed by atoms with Gasteiger partial charge in [-0.15, -0.1) is 0 Å². The summed E-state index contributed by atoms with van der Waals surface area (Å²) >= 11 is 0. The SMILES string of the molecule is O=COOCCCO[C@H]1O[C@H](CS(=O)(=O)[O-])[C@@H](O)[C@H](O)[C@H]1O.[Na+]. The van der Waals surface area contributed by atoms with Crippen LogP contribution in [0.5, 0.6) is 0 Å². The van der Waals surface area contributed by atoms with Crippen LogP contribution in [0.3, 0.4) is 0 Å². The minimum absolute atomic E-state index is 0. The molecule has 1 rings (SSSR count). The normalized spacial score (nSPS) is 31.2. The molecule has 1 fully saturated rings. The number of rotatable bonds is 9. The number of hydrogen-bond acceptors (Lipinski definition) is 11. The molecule has 0 unspecified atom stereocenters. The van der Waals surface area contributed by atoms with E-state index in [1.54, 1.807) is 0 Å². The Balaban J connectivity index is 0.00000484. The summed E-state index contributed by atoms with van der Waals surface area (Å²) in [6.45, 7) is 0.0231. The Kier molecular flexibility index (Phi) is 11.0. The van der Waals surface area contributed by atoms with Gasteiger partial charge in [-0.05, 0) is 6.42 Å². The third kappa shape index (κ3) is 8.18. The van der Waals surface area contributed by atoms with E-state index in [-0.39, 0.29) is 55.7 Å². The number of aliphatic hydroxyl groups excluding tert-OH is 3. The van der Waals surface area contributed by atoms with Crippen LogP contribution in [0.15, 0.2) is 0 Å². The first-order valence-electron chi connectivity index (χ1n) is 6.23. The number of hydrogen-bond donors (Lipinski definition) is 3. The minimum Gasteiger partial charge on any atom is -0.748 e. The van der Waals surface area contributed by atoms with Crippen molar-refractivity contribution in [1.82, 2.24) is 0 Å². The molecular formula is C10H17NaO11S. The van der Waals surface area contributed by atoms with Crippen molar-refractivity contribution in [3.63, 3.8) is 0 Å². The molecule has 13 heteroatoms. The number of carbonyl (C=O) groups is 1. The van der Waals surface area contributed by atoms with Crippen LogP contribution in [-0.2, 0) is 34.2 Å². The van der Waals surface area contributed by atoms with Gasteiger partial charge in [0.25, 0.3) is 0 Å².